The Kier molecular flexibility index (Phi) is 5.84. The first-order valence-corrected chi connectivity index (χ1v) is 10.5. The number of rotatable bonds is 4. The highest BCUT2D eigenvalue weighted by molar-refractivity contribution is 6.30. The molecule has 0 saturated heterocycles. The van der Waals surface area contributed by atoms with E-state index in [1.54, 1.807) is 24.3 Å². The number of ether oxygens (including phenoxy) is 1. The summed E-state index contributed by atoms with van der Waals surface area (Å²) in [6.07, 6.45) is 0.852. The zero-order chi connectivity index (χ0) is 23.0. The first-order chi connectivity index (χ1) is 15.3. The molecule has 8 heteroatoms. The Morgan fingerprint density at radius 1 is 1.12 bits per heavy atom. The molecule has 4 rings (SSSR count). The molecule has 1 aliphatic carbocycles. The van der Waals surface area contributed by atoms with Crippen molar-refractivity contribution in [3.05, 3.63) is 98.3 Å². The third-order valence-corrected chi connectivity index (χ3v) is 6.35. The zero-order valence-electron chi connectivity index (χ0n) is 17.3. The Bertz CT molecular complexity index is 1140. The third-order valence-electron chi connectivity index (χ3n) is 6.10. The predicted molar refractivity (Wildman–Crippen MR) is 119 cm³/mol. The number of non-ortho nitro benzene ring substituents is 1. The van der Waals surface area contributed by atoms with Gasteiger partial charge in [0.05, 0.1) is 12.0 Å². The highest BCUT2D eigenvalue weighted by atomic mass is 35.5. The summed E-state index contributed by atoms with van der Waals surface area (Å²) in [7, 11) is 1.28. The second kappa shape index (κ2) is 8.59. The van der Waals surface area contributed by atoms with Gasteiger partial charge in [-0.1, -0.05) is 42.4 Å². The second-order valence-corrected chi connectivity index (χ2v) is 8.39. The maximum atomic E-state index is 13.4. The van der Waals surface area contributed by atoms with Crippen LogP contribution in [0.5, 0.6) is 0 Å². The number of halogens is 1. The van der Waals surface area contributed by atoms with E-state index in [4.69, 9.17) is 16.3 Å². The van der Waals surface area contributed by atoms with Crippen molar-refractivity contribution in [2.45, 2.75) is 24.7 Å². The van der Waals surface area contributed by atoms with Crippen LogP contribution in [0.25, 0.3) is 0 Å². The molecule has 0 saturated carbocycles. The Morgan fingerprint density at radius 3 is 2.34 bits per heavy atom. The summed E-state index contributed by atoms with van der Waals surface area (Å²) in [4.78, 5) is 36.6. The minimum atomic E-state index is -0.823. The van der Waals surface area contributed by atoms with Crippen molar-refractivity contribution in [3.63, 3.8) is 0 Å². The van der Waals surface area contributed by atoms with Crippen LogP contribution in [0.2, 0.25) is 5.02 Å². The van der Waals surface area contributed by atoms with Crippen LogP contribution in [-0.4, -0.2) is 23.8 Å². The summed E-state index contributed by atoms with van der Waals surface area (Å²) >= 11 is 6.00. The van der Waals surface area contributed by atoms with E-state index < -0.39 is 22.7 Å². The molecule has 0 bridgehead atoms. The predicted octanol–water partition coefficient (Wildman–Crippen LogP) is 4.64. The number of allylic oxidation sites excluding steroid dienone is 2. The van der Waals surface area contributed by atoms with Crippen LogP contribution in [0.3, 0.4) is 0 Å². The molecule has 2 aliphatic rings. The van der Waals surface area contributed by atoms with E-state index >= 15 is 0 Å². The van der Waals surface area contributed by atoms with E-state index in [9.17, 15) is 19.7 Å². The van der Waals surface area contributed by atoms with Crippen LogP contribution >= 0.6 is 11.6 Å². The van der Waals surface area contributed by atoms with Gasteiger partial charge in [0.25, 0.3) is 5.69 Å². The fourth-order valence-corrected chi connectivity index (χ4v) is 4.71. The first-order valence-electron chi connectivity index (χ1n) is 10.1. The van der Waals surface area contributed by atoms with Crippen LogP contribution in [0.15, 0.2) is 72.1 Å². The zero-order valence-corrected chi connectivity index (χ0v) is 18.1. The monoisotopic (exact) mass is 452 g/mol. The van der Waals surface area contributed by atoms with Crippen LogP contribution in [0.1, 0.15) is 35.8 Å². The van der Waals surface area contributed by atoms with Gasteiger partial charge in [-0.2, -0.15) is 0 Å². The number of nitro groups is 1. The van der Waals surface area contributed by atoms with Gasteiger partial charge in [0.15, 0.2) is 5.78 Å². The Balaban J connectivity index is 1.78. The number of methoxy groups -OCH3 is 1. The van der Waals surface area contributed by atoms with Crippen molar-refractivity contribution in [3.8, 4) is 0 Å². The topological polar surface area (TPSA) is 98.5 Å². The van der Waals surface area contributed by atoms with Gasteiger partial charge in [-0.25, -0.2) is 0 Å². The lowest BCUT2D eigenvalue weighted by molar-refractivity contribution is -0.384. The summed E-state index contributed by atoms with van der Waals surface area (Å²) in [5.74, 6) is -2.10. The fraction of sp³-hybridized carbons (Fsp3) is 0.250. The number of benzene rings is 2. The smallest absolute Gasteiger partial charge is 0.315 e. The van der Waals surface area contributed by atoms with Gasteiger partial charge in [-0.05, 0) is 35.6 Å². The van der Waals surface area contributed by atoms with Gasteiger partial charge < -0.3 is 10.1 Å². The molecule has 32 heavy (non-hydrogen) atoms. The van der Waals surface area contributed by atoms with Gasteiger partial charge in [0, 0.05) is 46.5 Å². The minimum Gasteiger partial charge on any atom is -0.468 e. The van der Waals surface area contributed by atoms with Crippen molar-refractivity contribution in [2.75, 3.05) is 7.11 Å². The number of esters is 1. The highest BCUT2D eigenvalue weighted by Crippen LogP contribution is 2.47. The summed E-state index contributed by atoms with van der Waals surface area (Å²) in [6.45, 7) is 4.03. The number of hydrogen-bond donors (Lipinski definition) is 1. The van der Waals surface area contributed by atoms with Crippen LogP contribution in [0, 0.1) is 16.0 Å². The molecule has 0 amide bonds. The minimum absolute atomic E-state index is 0.0361. The number of nitrogens with one attached hydrogen (secondary N) is 1. The normalized spacial score (nSPS) is 22.8. The largest absolute Gasteiger partial charge is 0.468 e. The van der Waals surface area contributed by atoms with Gasteiger partial charge in [0.2, 0.25) is 0 Å². The first kappa shape index (κ1) is 21.8. The number of Topliss-reactive ketones (excluding diaryl/α,β-unsaturated/α-hetero) is 1. The maximum absolute atomic E-state index is 13.4. The number of carbonyl (C=O) groups excluding carboxylic acids is 2. The molecule has 0 fully saturated rings. The molecule has 1 heterocycles. The quantitative estimate of drug-likeness (QED) is 0.412. The third kappa shape index (κ3) is 3.91. The molecule has 2 aromatic rings. The van der Waals surface area contributed by atoms with Crippen molar-refractivity contribution in [1.29, 1.82) is 0 Å². The Hall–Kier alpha value is -3.45. The number of ketones is 1. The lowest BCUT2D eigenvalue weighted by Gasteiger charge is -2.40. The van der Waals surface area contributed by atoms with Crippen molar-refractivity contribution >= 4 is 29.0 Å². The van der Waals surface area contributed by atoms with E-state index in [2.05, 4.69) is 11.9 Å². The molecule has 3 atom stereocenters. The van der Waals surface area contributed by atoms with Crippen LogP contribution in [0.4, 0.5) is 5.69 Å². The molecular formula is C24H21ClN2O5. The van der Waals surface area contributed by atoms with Gasteiger partial charge >= 0.3 is 5.97 Å². The number of carbonyl (C=O) groups is 2. The summed E-state index contributed by atoms with van der Waals surface area (Å²) < 4.78 is 5.00. The molecule has 164 valence electrons. The van der Waals surface area contributed by atoms with Gasteiger partial charge in [0.1, 0.15) is 5.92 Å². The van der Waals surface area contributed by atoms with E-state index in [1.165, 1.54) is 19.2 Å². The van der Waals surface area contributed by atoms with Crippen molar-refractivity contribution in [1.82, 2.24) is 5.32 Å². The highest BCUT2D eigenvalue weighted by Gasteiger charge is 2.45. The number of nitrogens with zero attached hydrogens (tertiary/aromatic N) is 1. The molecule has 0 aromatic heterocycles. The van der Waals surface area contributed by atoms with E-state index in [0.29, 0.717) is 28.3 Å². The van der Waals surface area contributed by atoms with E-state index in [-0.39, 0.29) is 23.8 Å². The Labute approximate surface area is 189 Å². The fourth-order valence-electron chi connectivity index (χ4n) is 4.59. The summed E-state index contributed by atoms with van der Waals surface area (Å²) in [6, 6.07) is 13.3. The molecule has 7 nitrogen and oxygen atoms in total. The van der Waals surface area contributed by atoms with Crippen LogP contribution in [-0.2, 0) is 14.3 Å². The number of nitro benzene ring substituents is 1. The molecule has 1 N–H and O–H groups in total. The van der Waals surface area contributed by atoms with Crippen molar-refractivity contribution < 1.29 is 19.2 Å². The van der Waals surface area contributed by atoms with Crippen molar-refractivity contribution in [2.24, 2.45) is 5.92 Å². The second-order valence-electron chi connectivity index (χ2n) is 7.95. The average Bonchev–Trinajstić information content (AvgIpc) is 2.78. The van der Waals surface area contributed by atoms with Crippen LogP contribution < -0.4 is 5.32 Å². The molecular weight excluding hydrogens is 432 g/mol. The summed E-state index contributed by atoms with van der Waals surface area (Å²) in [5, 5.41) is 14.9. The lowest BCUT2D eigenvalue weighted by atomic mass is 9.69. The molecule has 1 aliphatic heterocycles. The summed E-state index contributed by atoms with van der Waals surface area (Å²) in [5.41, 5.74) is 3.22. The average molecular weight is 453 g/mol. The maximum Gasteiger partial charge on any atom is 0.315 e. The molecule has 0 radical (unpaired) electrons. The lowest BCUT2D eigenvalue weighted by Crippen LogP contribution is -2.42. The van der Waals surface area contributed by atoms with E-state index in [0.717, 1.165) is 11.3 Å². The molecule has 0 spiro atoms. The van der Waals surface area contributed by atoms with Gasteiger partial charge in [-0.15, -0.1) is 0 Å². The Morgan fingerprint density at radius 2 is 1.75 bits per heavy atom. The molecule has 2 aromatic carbocycles. The molecule has 3 unspecified atom stereocenters. The SMILES string of the molecule is C=C1NC2=C(C(=O)CC(c3ccc(Cl)cc3)C2)C(c2ccc([N+](=O)[O-])cc2)C1C(=O)OC. The van der Waals surface area contributed by atoms with E-state index in [1.807, 2.05) is 12.1 Å². The van der Waals surface area contributed by atoms with Gasteiger partial charge in [-0.3, -0.25) is 19.7 Å². The standard InChI is InChI=1S/C24H21ClN2O5/c1-13-21(24(29)32-2)22(15-5-9-18(10-6-15)27(30)31)23-19(26-13)11-16(12-20(23)28)14-3-7-17(25)8-4-14/h3-10,16,21-22,26H,1,11-12H2,2H3. The number of hydrogen-bond acceptors (Lipinski definition) is 6.